The van der Waals surface area contributed by atoms with E-state index in [0.29, 0.717) is 0 Å². The van der Waals surface area contributed by atoms with Crippen molar-refractivity contribution < 1.29 is 9.90 Å². The number of hydrogen-bond donors (Lipinski definition) is 1. The predicted octanol–water partition coefficient (Wildman–Crippen LogP) is 5.25. The molecule has 102 valence electrons. The summed E-state index contributed by atoms with van der Waals surface area (Å²) < 4.78 is 1.06. The minimum atomic E-state index is -0.790. The quantitative estimate of drug-likeness (QED) is 0.671. The Bertz CT molecular complexity index is 700. The van der Waals surface area contributed by atoms with Crippen molar-refractivity contribution in [1.82, 2.24) is 0 Å². The molecule has 1 heterocycles. The van der Waals surface area contributed by atoms with Crippen LogP contribution in [0.25, 0.3) is 0 Å². The Labute approximate surface area is 134 Å². The third-order valence-corrected chi connectivity index (χ3v) is 6.20. The van der Waals surface area contributed by atoms with Crippen molar-refractivity contribution in [2.45, 2.75) is 32.4 Å². The first-order valence-corrected chi connectivity index (χ1v) is 8.49. The van der Waals surface area contributed by atoms with Crippen LogP contribution < -0.4 is 0 Å². The van der Waals surface area contributed by atoms with E-state index in [1.54, 1.807) is 30.4 Å². The van der Waals surface area contributed by atoms with Gasteiger partial charge in [0.1, 0.15) is 0 Å². The normalized spacial score (nSPS) is 14.3. The van der Waals surface area contributed by atoms with Gasteiger partial charge < -0.3 is 5.11 Å². The largest absolute Gasteiger partial charge is 0.481 e. The third-order valence-electron chi connectivity index (χ3n) is 3.18. The summed E-state index contributed by atoms with van der Waals surface area (Å²) in [5, 5.41) is 9.12. The predicted molar refractivity (Wildman–Crippen MR) is 84.9 cm³/mol. The summed E-state index contributed by atoms with van der Waals surface area (Å²) in [4.78, 5) is 15.9. The summed E-state index contributed by atoms with van der Waals surface area (Å²) in [5.41, 5.74) is 0.850. The van der Waals surface area contributed by atoms with Crippen LogP contribution in [0.3, 0.4) is 0 Å². The summed E-state index contributed by atoms with van der Waals surface area (Å²) in [6.45, 7) is 1.72. The second kappa shape index (κ2) is 5.47. The van der Waals surface area contributed by atoms with Gasteiger partial charge in [-0.15, -0.1) is 0 Å². The van der Waals surface area contributed by atoms with Crippen molar-refractivity contribution >= 4 is 45.4 Å². The van der Waals surface area contributed by atoms with Crippen molar-refractivity contribution in [2.75, 3.05) is 0 Å². The van der Waals surface area contributed by atoms with Gasteiger partial charge in [-0.25, -0.2) is 0 Å². The molecule has 0 saturated heterocycles. The van der Waals surface area contributed by atoms with Gasteiger partial charge in [0, 0.05) is 24.1 Å². The number of fused-ring (bicyclic) bond motifs is 2. The molecule has 5 heteroatoms. The first kappa shape index (κ1) is 14.0. The molecule has 0 aliphatic carbocycles. The van der Waals surface area contributed by atoms with E-state index >= 15 is 0 Å². The van der Waals surface area contributed by atoms with Crippen LogP contribution in [0.2, 0.25) is 0 Å². The maximum absolute atomic E-state index is 11.1. The van der Waals surface area contributed by atoms with Crippen molar-refractivity contribution in [3.63, 3.8) is 0 Å². The van der Waals surface area contributed by atoms with Crippen LogP contribution in [-0.2, 0) is 4.79 Å². The molecule has 0 saturated carbocycles. The van der Waals surface area contributed by atoms with Crippen molar-refractivity contribution in [3.05, 3.63) is 46.4 Å². The standard InChI is InChI=1S/C15H11BrO2S2/c1-8(15(17)18)9-2-4-11-13(6-9)20-14-7-10(16)3-5-12(14)19-11/h2-8H,1H3,(H,17,18). The van der Waals surface area contributed by atoms with Gasteiger partial charge in [0.25, 0.3) is 0 Å². The second-order valence-corrected chi connectivity index (χ2v) is 7.64. The molecule has 1 unspecified atom stereocenters. The SMILES string of the molecule is CC(C(=O)O)c1ccc2c(c1)Sc1cc(Br)ccc1S2. The molecule has 2 nitrogen and oxygen atoms in total. The molecule has 1 aliphatic rings. The molecular weight excluding hydrogens is 356 g/mol. The van der Waals surface area contributed by atoms with E-state index in [-0.39, 0.29) is 0 Å². The highest BCUT2D eigenvalue weighted by molar-refractivity contribution is 9.10. The average molecular weight is 367 g/mol. The maximum Gasteiger partial charge on any atom is 0.310 e. The molecule has 2 aromatic carbocycles. The molecule has 0 radical (unpaired) electrons. The van der Waals surface area contributed by atoms with Gasteiger partial charge in [-0.05, 0) is 42.8 Å². The first-order valence-electron chi connectivity index (χ1n) is 6.06. The van der Waals surface area contributed by atoms with Crippen LogP contribution >= 0.6 is 39.5 Å². The minimum absolute atomic E-state index is 0.477. The molecule has 3 rings (SSSR count). The average Bonchev–Trinajstić information content (AvgIpc) is 2.43. The third kappa shape index (κ3) is 2.62. The molecule has 0 amide bonds. The Morgan fingerprint density at radius 2 is 1.65 bits per heavy atom. The van der Waals surface area contributed by atoms with E-state index in [1.807, 2.05) is 24.3 Å². The fourth-order valence-corrected chi connectivity index (χ4v) is 4.78. The van der Waals surface area contributed by atoms with Crippen LogP contribution in [0.5, 0.6) is 0 Å². The first-order chi connectivity index (χ1) is 9.54. The number of benzene rings is 2. The molecule has 1 atom stereocenters. The lowest BCUT2D eigenvalue weighted by Crippen LogP contribution is -2.07. The molecule has 20 heavy (non-hydrogen) atoms. The maximum atomic E-state index is 11.1. The number of carboxylic acids is 1. The van der Waals surface area contributed by atoms with Crippen LogP contribution in [0.15, 0.2) is 60.5 Å². The van der Waals surface area contributed by atoms with E-state index in [4.69, 9.17) is 5.11 Å². The molecule has 0 fully saturated rings. The Hall–Kier alpha value is -0.910. The van der Waals surface area contributed by atoms with Crippen LogP contribution in [0.1, 0.15) is 18.4 Å². The zero-order valence-corrected chi connectivity index (χ0v) is 13.8. The summed E-state index contributed by atoms with van der Waals surface area (Å²) in [5.74, 6) is -1.27. The van der Waals surface area contributed by atoms with Crippen LogP contribution in [-0.4, -0.2) is 11.1 Å². The number of rotatable bonds is 2. The van der Waals surface area contributed by atoms with Gasteiger partial charge in [-0.3, -0.25) is 4.79 Å². The highest BCUT2D eigenvalue weighted by Gasteiger charge is 2.20. The highest BCUT2D eigenvalue weighted by atomic mass is 79.9. The van der Waals surface area contributed by atoms with Gasteiger partial charge in [0.2, 0.25) is 0 Å². The van der Waals surface area contributed by atoms with E-state index in [2.05, 4.69) is 28.1 Å². The number of hydrogen-bond acceptors (Lipinski definition) is 3. The van der Waals surface area contributed by atoms with Crippen molar-refractivity contribution in [3.8, 4) is 0 Å². The lowest BCUT2D eigenvalue weighted by atomic mass is 10.0. The fraction of sp³-hybridized carbons (Fsp3) is 0.133. The van der Waals surface area contributed by atoms with Crippen LogP contribution in [0.4, 0.5) is 0 Å². The van der Waals surface area contributed by atoms with E-state index in [1.165, 1.54) is 14.7 Å². The Kier molecular flexibility index (Phi) is 3.84. The molecule has 1 aliphatic heterocycles. The summed E-state index contributed by atoms with van der Waals surface area (Å²) >= 11 is 6.91. The van der Waals surface area contributed by atoms with Crippen molar-refractivity contribution in [2.24, 2.45) is 0 Å². The Morgan fingerprint density at radius 1 is 1.05 bits per heavy atom. The lowest BCUT2D eigenvalue weighted by molar-refractivity contribution is -0.138. The lowest BCUT2D eigenvalue weighted by Gasteiger charge is -2.20. The van der Waals surface area contributed by atoms with Gasteiger partial charge in [-0.1, -0.05) is 45.5 Å². The summed E-state index contributed by atoms with van der Waals surface area (Å²) in [6, 6.07) is 12.2. The molecule has 2 aromatic rings. The van der Waals surface area contributed by atoms with Gasteiger partial charge in [0.15, 0.2) is 0 Å². The van der Waals surface area contributed by atoms with Crippen LogP contribution in [0, 0.1) is 0 Å². The number of aliphatic carboxylic acids is 1. The summed E-state index contributed by atoms with van der Waals surface area (Å²) in [6.07, 6.45) is 0. The monoisotopic (exact) mass is 366 g/mol. The highest BCUT2D eigenvalue weighted by Crippen LogP contribution is 2.49. The zero-order valence-electron chi connectivity index (χ0n) is 10.6. The smallest absolute Gasteiger partial charge is 0.310 e. The zero-order chi connectivity index (χ0) is 14.3. The molecule has 0 spiro atoms. The van der Waals surface area contributed by atoms with Gasteiger partial charge in [-0.2, -0.15) is 0 Å². The van der Waals surface area contributed by atoms with Gasteiger partial charge >= 0.3 is 5.97 Å². The summed E-state index contributed by atoms with van der Waals surface area (Å²) in [7, 11) is 0. The van der Waals surface area contributed by atoms with E-state index in [9.17, 15) is 4.79 Å². The minimum Gasteiger partial charge on any atom is -0.481 e. The fourth-order valence-electron chi connectivity index (χ4n) is 1.98. The van der Waals surface area contributed by atoms with E-state index < -0.39 is 11.9 Å². The number of carboxylic acid groups (broad SMARTS) is 1. The molecule has 1 N–H and O–H groups in total. The second-order valence-electron chi connectivity index (χ2n) is 4.56. The van der Waals surface area contributed by atoms with Crippen molar-refractivity contribution in [1.29, 1.82) is 0 Å². The Balaban J connectivity index is 1.99. The van der Waals surface area contributed by atoms with E-state index in [0.717, 1.165) is 14.9 Å². The molecule has 0 bridgehead atoms. The topological polar surface area (TPSA) is 37.3 Å². The molecular formula is C15H11BrO2S2. The molecule has 0 aromatic heterocycles. The number of carbonyl (C=O) groups is 1. The number of halogens is 1. The van der Waals surface area contributed by atoms with Gasteiger partial charge in [0.05, 0.1) is 5.92 Å². The Morgan fingerprint density at radius 3 is 2.35 bits per heavy atom.